The van der Waals surface area contributed by atoms with Gasteiger partial charge in [0.15, 0.2) is 0 Å². The molecule has 1 aromatic heterocycles. The number of benzene rings is 3. The highest BCUT2D eigenvalue weighted by molar-refractivity contribution is 5.95. The lowest BCUT2D eigenvalue weighted by Gasteiger charge is -2.19. The molecular weight excluding hydrogens is 1000 g/mol. The summed E-state index contributed by atoms with van der Waals surface area (Å²) < 4.78 is 14.1. The molecule has 0 saturated heterocycles. The summed E-state index contributed by atoms with van der Waals surface area (Å²) in [6.45, 7) is -0.809. The van der Waals surface area contributed by atoms with Crippen molar-refractivity contribution in [2.45, 2.75) is 107 Å². The fraction of sp³-hybridized carbons (Fsp3) is 0.388. The van der Waals surface area contributed by atoms with Crippen molar-refractivity contribution in [3.8, 4) is 5.69 Å². The number of aliphatic hydroxyl groups is 1. The zero-order valence-corrected chi connectivity index (χ0v) is 40.8. The number of aryl methyl sites for hydroxylation is 1. The molecule has 76 heavy (non-hydrogen) atoms. The maximum atomic E-state index is 13.6. The number of hydrogen-bond acceptors (Lipinski definition) is 13. The third kappa shape index (κ3) is 20.8. The Morgan fingerprint density at radius 3 is 1.43 bits per heavy atom. The van der Waals surface area contributed by atoms with Crippen LogP contribution in [0.15, 0.2) is 79.0 Å². The van der Waals surface area contributed by atoms with Crippen molar-refractivity contribution in [3.63, 3.8) is 0 Å². The van der Waals surface area contributed by atoms with Crippen LogP contribution in [0.5, 0.6) is 0 Å². The lowest BCUT2D eigenvalue weighted by molar-refractivity contribution is -0.141. The highest BCUT2D eigenvalue weighted by atomic mass is 19.1. The van der Waals surface area contributed by atoms with Gasteiger partial charge in [-0.25, -0.2) is 33.4 Å². The monoisotopic (exact) mass is 1060 g/mol. The first-order valence-electron chi connectivity index (χ1n) is 23.8. The van der Waals surface area contributed by atoms with Crippen LogP contribution in [0, 0.1) is 0 Å². The van der Waals surface area contributed by atoms with Crippen molar-refractivity contribution in [1.29, 1.82) is 0 Å². The van der Waals surface area contributed by atoms with Crippen molar-refractivity contribution in [3.05, 3.63) is 101 Å². The van der Waals surface area contributed by atoms with Crippen LogP contribution in [0.4, 0.5) is 25.4 Å². The Morgan fingerprint density at radius 1 is 0.539 bits per heavy atom. The molecule has 13 N–H and O–H groups in total. The van der Waals surface area contributed by atoms with E-state index < -0.39 is 109 Å². The van der Waals surface area contributed by atoms with E-state index in [1.54, 1.807) is 30.5 Å². The second-order valence-electron chi connectivity index (χ2n) is 17.2. The lowest BCUT2D eigenvalue weighted by Crippen LogP contribution is -2.51. The maximum Gasteiger partial charge on any atom is 0.326 e. The highest BCUT2D eigenvalue weighted by Gasteiger charge is 2.27. The molecule has 0 spiro atoms. The minimum absolute atomic E-state index is 0.0554. The number of anilines is 2. The minimum atomic E-state index is -1.59. The number of urea groups is 2. The first kappa shape index (κ1) is 59.6. The van der Waals surface area contributed by atoms with E-state index in [0.717, 1.165) is 0 Å². The van der Waals surface area contributed by atoms with Gasteiger partial charge in [0.05, 0.1) is 24.3 Å². The summed E-state index contributed by atoms with van der Waals surface area (Å²) in [6, 6.07) is 9.46. The number of amides is 7. The van der Waals surface area contributed by atoms with Gasteiger partial charge in [0.1, 0.15) is 24.2 Å². The van der Waals surface area contributed by atoms with Crippen LogP contribution in [-0.4, -0.2) is 149 Å². The molecule has 4 aromatic rings. The Labute approximate surface area is 432 Å². The SMILES string of the molecule is O=C(O)CC[C@H](NC(=O)N[C@@H](Cc1ccc(NC(=O)CCC(CCC(=O)Nc2ccc(C[C@H](NC(=O)N[C@@H](CCCO)C(=O)O)C(=O)O)cc2)NC(=O)c2ccc(-n3cc(CCCF)nn3)cc2)cc1)C(=O)O)C(=O)O. The number of halogens is 1. The molecule has 5 atom stereocenters. The van der Waals surface area contributed by atoms with Crippen LogP contribution < -0.4 is 37.2 Å². The number of carbonyl (C=O) groups excluding carboxylic acids is 5. The predicted octanol–water partition coefficient (Wildman–Crippen LogP) is 2.24. The van der Waals surface area contributed by atoms with Crippen LogP contribution in [0.2, 0.25) is 0 Å². The molecule has 4 rings (SSSR count). The number of carboxylic acid groups (broad SMARTS) is 5. The first-order valence-corrected chi connectivity index (χ1v) is 23.8. The molecule has 0 bridgehead atoms. The molecule has 0 aliphatic rings. The van der Waals surface area contributed by atoms with Crippen LogP contribution in [0.1, 0.15) is 85.0 Å². The summed E-state index contributed by atoms with van der Waals surface area (Å²) in [5, 5.41) is 81.0. The Balaban J connectivity index is 1.38. The van der Waals surface area contributed by atoms with Crippen LogP contribution in [-0.2, 0) is 52.8 Å². The largest absolute Gasteiger partial charge is 0.481 e. The van der Waals surface area contributed by atoms with Gasteiger partial charge >= 0.3 is 41.9 Å². The molecule has 0 fully saturated rings. The smallest absolute Gasteiger partial charge is 0.326 e. The Hall–Kier alpha value is -9.01. The molecular formula is C49H59FN10O16. The number of aromatic nitrogens is 3. The molecule has 1 unspecified atom stereocenters. The summed E-state index contributed by atoms with van der Waals surface area (Å²) >= 11 is 0. The predicted molar refractivity (Wildman–Crippen MR) is 265 cm³/mol. The zero-order chi connectivity index (χ0) is 55.7. The van der Waals surface area contributed by atoms with Crippen LogP contribution >= 0.6 is 0 Å². The fourth-order valence-corrected chi connectivity index (χ4v) is 7.28. The van der Waals surface area contributed by atoms with E-state index in [2.05, 4.69) is 47.5 Å². The number of carboxylic acids is 5. The Morgan fingerprint density at radius 2 is 1.00 bits per heavy atom. The van der Waals surface area contributed by atoms with E-state index in [-0.39, 0.29) is 70.0 Å². The third-order valence-electron chi connectivity index (χ3n) is 11.3. The molecule has 0 aliphatic carbocycles. The number of aliphatic hydroxyl groups excluding tert-OH is 1. The molecule has 3 aromatic carbocycles. The molecule has 0 aliphatic heterocycles. The van der Waals surface area contributed by atoms with Gasteiger partial charge in [0, 0.05) is 61.7 Å². The van der Waals surface area contributed by atoms with Crippen molar-refractivity contribution in [2.24, 2.45) is 0 Å². The van der Waals surface area contributed by atoms with Crippen molar-refractivity contribution in [2.75, 3.05) is 23.9 Å². The summed E-state index contributed by atoms with van der Waals surface area (Å²) in [5.41, 5.74) is 2.89. The van der Waals surface area contributed by atoms with Gasteiger partial charge in [-0.3, -0.25) is 23.6 Å². The summed E-state index contributed by atoms with van der Waals surface area (Å²) in [6.07, 6.45) is 0.712. The Bertz CT molecular complexity index is 2650. The number of hydrogen-bond donors (Lipinski definition) is 13. The second kappa shape index (κ2) is 30.2. The van der Waals surface area contributed by atoms with Crippen LogP contribution in [0.25, 0.3) is 5.69 Å². The quantitative estimate of drug-likeness (QED) is 0.0333. The number of nitrogens with zero attached hydrogens (tertiary/aromatic N) is 3. The zero-order valence-electron chi connectivity index (χ0n) is 40.8. The van der Waals surface area contributed by atoms with Gasteiger partial charge in [-0.15, -0.1) is 5.10 Å². The Kier molecular flexibility index (Phi) is 23.7. The maximum absolute atomic E-state index is 13.6. The number of rotatable bonds is 32. The van der Waals surface area contributed by atoms with Crippen molar-refractivity contribution >= 4 is 71.0 Å². The average Bonchev–Trinajstić information content (AvgIpc) is 3.86. The normalized spacial score (nSPS) is 12.8. The molecule has 27 heteroatoms. The fourth-order valence-electron chi connectivity index (χ4n) is 7.28. The number of carbonyl (C=O) groups is 10. The molecule has 0 saturated carbocycles. The van der Waals surface area contributed by atoms with E-state index >= 15 is 0 Å². The summed E-state index contributed by atoms with van der Waals surface area (Å²) in [7, 11) is 0. The number of nitrogens with one attached hydrogen (secondary N) is 7. The molecule has 26 nitrogen and oxygen atoms in total. The van der Waals surface area contributed by atoms with Gasteiger partial charge in [-0.05, 0) is 105 Å². The second-order valence-corrected chi connectivity index (χ2v) is 17.2. The molecule has 408 valence electrons. The highest BCUT2D eigenvalue weighted by Crippen LogP contribution is 2.17. The van der Waals surface area contributed by atoms with Crippen molar-refractivity contribution in [1.82, 2.24) is 41.6 Å². The van der Waals surface area contributed by atoms with Crippen molar-refractivity contribution < 1.29 is 83.0 Å². The lowest BCUT2D eigenvalue weighted by atomic mass is 10.0. The summed E-state index contributed by atoms with van der Waals surface area (Å²) in [5.74, 6) is -8.49. The average molecular weight is 1060 g/mol. The third-order valence-corrected chi connectivity index (χ3v) is 11.3. The van der Waals surface area contributed by atoms with Crippen LogP contribution in [0.3, 0.4) is 0 Å². The number of alkyl halides is 1. The van der Waals surface area contributed by atoms with Gasteiger partial charge < -0.3 is 67.9 Å². The van der Waals surface area contributed by atoms with E-state index in [1.807, 2.05) is 0 Å². The molecule has 7 amide bonds. The van der Waals surface area contributed by atoms with E-state index in [4.69, 9.17) is 10.2 Å². The van der Waals surface area contributed by atoms with Gasteiger partial charge in [-0.2, -0.15) is 0 Å². The standard InChI is InChI=1S/C49H59FN10O16/c50-23-1-3-34-27-60(59-58-34)35-17-9-30(10-18-35)43(66)53-33(15-20-40(62)51-31-11-5-28(6-12-31)25-38(46(71)72)56-48(75)54-36(44(67)68)4-2-24-61)16-21-41(63)52-32-13-7-29(8-14-32)26-39(47(73)74)57-49(76)55-37(45(69)70)19-22-42(64)65/h5-14,17-18,27,33,36-39,61H,1-4,15-16,19-26H2,(H,51,62)(H,52,63)(H,53,66)(H,64,65)(H,67,68)(H,69,70)(H,71,72)(H,73,74)(H2,54,56,75)(H2,55,57,76)/t33?,36-,37-,38-,39-/m0/s1. The van der Waals surface area contributed by atoms with E-state index in [9.17, 15) is 72.8 Å². The topological polar surface area (TPSA) is 407 Å². The first-order chi connectivity index (χ1) is 36.2. The molecule has 0 radical (unpaired) electrons. The summed E-state index contributed by atoms with van der Waals surface area (Å²) in [4.78, 5) is 123. The van der Waals surface area contributed by atoms with E-state index in [0.29, 0.717) is 40.3 Å². The van der Waals surface area contributed by atoms with Gasteiger partial charge in [0.2, 0.25) is 11.8 Å². The van der Waals surface area contributed by atoms with Gasteiger partial charge in [-0.1, -0.05) is 29.5 Å². The van der Waals surface area contributed by atoms with E-state index in [1.165, 1.54) is 53.2 Å². The number of aliphatic carboxylic acids is 5. The minimum Gasteiger partial charge on any atom is -0.481 e. The molecule has 1 heterocycles. The van der Waals surface area contributed by atoms with Gasteiger partial charge in [0.25, 0.3) is 5.91 Å².